The number of aliphatic carboxylic acids is 1. The summed E-state index contributed by atoms with van der Waals surface area (Å²) in [6, 6.07) is 9.10. The number of likely N-dealkylation sites (N-methyl/N-ethyl adjacent to an activating group) is 1. The van der Waals surface area contributed by atoms with E-state index >= 15 is 0 Å². The predicted molar refractivity (Wildman–Crippen MR) is 266 cm³/mol. The Bertz CT molecular complexity index is 2910. The second kappa shape index (κ2) is 23.4. The number of benzene rings is 3. The Hall–Kier alpha value is -7.44. The maximum absolute atomic E-state index is 14.9. The van der Waals surface area contributed by atoms with Gasteiger partial charge in [-0.25, -0.2) is 14.9 Å². The van der Waals surface area contributed by atoms with Gasteiger partial charge in [-0.2, -0.15) is 18.4 Å². The molecule has 0 fully saturated rings. The van der Waals surface area contributed by atoms with E-state index in [0.717, 1.165) is 23.6 Å². The van der Waals surface area contributed by atoms with E-state index in [1.807, 2.05) is 37.6 Å². The molecule has 4 aromatic rings. The van der Waals surface area contributed by atoms with Crippen LogP contribution in [0.4, 0.5) is 5.82 Å². The average molecular weight is 1030 g/mol. The minimum atomic E-state index is -4.58. The number of aliphatic hydroxyl groups excluding tert-OH is 2. The zero-order chi connectivity index (χ0) is 54.3. The number of carboxylic acids is 1. The molecule has 16 N–H and O–H groups in total. The number of nitriles is 1. The van der Waals surface area contributed by atoms with Crippen LogP contribution >= 0.6 is 0 Å². The van der Waals surface area contributed by atoms with Crippen molar-refractivity contribution in [2.75, 3.05) is 45.6 Å². The molecule has 2 heterocycles. The third-order valence-corrected chi connectivity index (χ3v) is 12.4. The van der Waals surface area contributed by atoms with Crippen molar-refractivity contribution in [2.45, 2.75) is 82.8 Å². The van der Waals surface area contributed by atoms with Gasteiger partial charge in [0.05, 0.1) is 16.8 Å². The number of carbonyl (C=O) groups is 5. The zero-order valence-electron chi connectivity index (χ0n) is 40.9. The van der Waals surface area contributed by atoms with Gasteiger partial charge in [0, 0.05) is 49.8 Å². The van der Waals surface area contributed by atoms with Crippen LogP contribution in [0.3, 0.4) is 0 Å². The molecule has 1 aliphatic heterocycles. The summed E-state index contributed by atoms with van der Waals surface area (Å²) >= 11 is 0. The van der Waals surface area contributed by atoms with Crippen molar-refractivity contribution < 1.29 is 62.3 Å². The third-order valence-electron chi connectivity index (χ3n) is 11.9. The Labute approximate surface area is 421 Å². The summed E-state index contributed by atoms with van der Waals surface area (Å²) in [5, 5.41) is 65.7. The maximum Gasteiger partial charge on any atom is 0.326 e. The molecule has 0 radical (unpaired) electrons. The monoisotopic (exact) mass is 1030 g/mol. The van der Waals surface area contributed by atoms with Crippen molar-refractivity contribution in [1.82, 2.24) is 30.6 Å². The molecule has 0 saturated heterocycles. The molecule has 4 amide bonds. The first-order chi connectivity index (χ1) is 34.2. The average Bonchev–Trinajstić information content (AvgIpc) is 3.32. The highest BCUT2D eigenvalue weighted by Crippen LogP contribution is 2.45. The molecule has 0 unspecified atom stereocenters. The van der Waals surface area contributed by atoms with E-state index in [0.29, 0.717) is 5.56 Å². The number of pyridine rings is 1. The van der Waals surface area contributed by atoms with Crippen molar-refractivity contribution >= 4 is 45.6 Å². The normalized spacial score (nSPS) is 17.4. The molecule has 0 aliphatic carbocycles. The minimum Gasteiger partial charge on any atom is -0.504 e. The Kier molecular flexibility index (Phi) is 18.1. The highest BCUT2D eigenvalue weighted by molar-refractivity contribution is 7.87. The molecule has 1 aromatic heterocycles. The number of carboxylic acid groups (broad SMARTS) is 1. The number of carbonyl (C=O) groups excluding carboxylic acids is 4. The number of aliphatic hydroxyl groups is 2. The minimum absolute atomic E-state index is 0.00867. The zero-order valence-corrected chi connectivity index (χ0v) is 41.7. The molecular weight excluding hydrogens is 971 g/mol. The molecule has 25 heteroatoms. The van der Waals surface area contributed by atoms with E-state index in [4.69, 9.17) is 31.8 Å². The van der Waals surface area contributed by atoms with Gasteiger partial charge in [-0.3, -0.25) is 19.2 Å². The van der Waals surface area contributed by atoms with Crippen LogP contribution in [0.5, 0.6) is 17.2 Å². The van der Waals surface area contributed by atoms with E-state index in [-0.39, 0.29) is 93.5 Å². The first-order valence-corrected chi connectivity index (χ1v) is 24.3. The molecule has 392 valence electrons. The number of amides is 4. The first-order valence-electron chi connectivity index (χ1n) is 22.7. The summed E-state index contributed by atoms with van der Waals surface area (Å²) in [5.41, 5.74) is 18.8. The lowest BCUT2D eigenvalue weighted by molar-refractivity contribution is -0.143. The van der Waals surface area contributed by atoms with Crippen LogP contribution in [0.2, 0.25) is 0 Å². The molecule has 0 saturated carbocycles. The van der Waals surface area contributed by atoms with Crippen LogP contribution in [0, 0.1) is 18.3 Å². The van der Waals surface area contributed by atoms with Gasteiger partial charge in [0.2, 0.25) is 17.7 Å². The van der Waals surface area contributed by atoms with Gasteiger partial charge in [0.25, 0.3) is 16.1 Å². The van der Waals surface area contributed by atoms with Gasteiger partial charge in [0.1, 0.15) is 67.2 Å². The lowest BCUT2D eigenvalue weighted by Gasteiger charge is -2.33. The number of nitrogens with one attached hydrogen (secondary N) is 4. The Morgan fingerprint density at radius 1 is 0.959 bits per heavy atom. The summed E-state index contributed by atoms with van der Waals surface area (Å²) < 4.78 is 38.4. The summed E-state index contributed by atoms with van der Waals surface area (Å²) in [6.45, 7) is 6.47. The number of phenolic OH excluding ortho intramolecular Hbond substituents is 1. The van der Waals surface area contributed by atoms with Crippen LogP contribution in [0.1, 0.15) is 71.9 Å². The summed E-state index contributed by atoms with van der Waals surface area (Å²) in [6.07, 6.45) is -2.76. The lowest BCUT2D eigenvalue weighted by Crippen LogP contribution is -2.57. The Morgan fingerprint density at radius 3 is 2.14 bits per heavy atom. The van der Waals surface area contributed by atoms with E-state index in [1.54, 1.807) is 12.1 Å². The van der Waals surface area contributed by atoms with Gasteiger partial charge in [-0.1, -0.05) is 51.1 Å². The SMILES string of the molecule is Cc1c(C#N)c(-c2ccc(C(C)(C)C)cc2)nc(N)c1C(=O)N[C@@H](CNS(N)(=O)=O)C(=O)N(C)[C@@H]1C(=O)N[C@@H](C)C(=O)N[C@H](C(=O)O)Cc2ccc(OC[C@H](O)CN)c(c2)-c2cc1cc(OC[C@H](O)CN)c2O. The molecule has 1 aliphatic rings. The number of hydrogen-bond acceptors (Lipinski definition) is 17. The summed E-state index contributed by atoms with van der Waals surface area (Å²) in [7, 11) is -3.49. The van der Waals surface area contributed by atoms with Gasteiger partial charge in [-0.15, -0.1) is 0 Å². The smallest absolute Gasteiger partial charge is 0.326 e. The number of fused-ring (bicyclic) bond motifs is 5. The first kappa shape index (κ1) is 56.5. The van der Waals surface area contributed by atoms with Crippen molar-refractivity contribution in [3.8, 4) is 45.7 Å². The standard InChI is InChI=1S/C48H61N11O13S/c1-23-33(19-51)39(26-8-10-28(11-9-26)48(3,4)5)58-42(52)38(23)44(64)57-35(20-54-73(53,69)70)46(66)59(6)40-27-15-32(41(62)37(16-27)72-22-30(61)18-50)31-13-25(7-12-36(31)71-21-29(60)17-49)14-34(47(67)68)56-43(63)24(2)55-45(40)65/h7-13,15-16,24,29-30,34-35,40,54,60-62H,14,17-18,20-22,49-50H2,1-6H3,(H2,52,58)(H,55,65)(H,56,63)(H,57,64)(H,67,68)(H2,53,69,70)/t24-,29+,30+,34-,35-,40-/m0/s1. The number of aromatic nitrogens is 1. The highest BCUT2D eigenvalue weighted by atomic mass is 32.2. The predicted octanol–water partition coefficient (Wildman–Crippen LogP) is -0.701. The lowest BCUT2D eigenvalue weighted by atomic mass is 9.86. The fraction of sp³-hybridized carbons (Fsp3) is 0.396. The quantitative estimate of drug-likeness (QED) is 0.0622. The fourth-order valence-corrected chi connectivity index (χ4v) is 8.18. The fourth-order valence-electron chi connectivity index (χ4n) is 7.78. The summed E-state index contributed by atoms with van der Waals surface area (Å²) in [4.78, 5) is 75.3. The van der Waals surface area contributed by atoms with Crippen LogP contribution in [-0.2, 0) is 41.2 Å². The van der Waals surface area contributed by atoms with Gasteiger partial charge >= 0.3 is 5.97 Å². The second-order valence-corrected chi connectivity index (χ2v) is 19.8. The molecule has 24 nitrogen and oxygen atoms in total. The Morgan fingerprint density at radius 2 is 1.58 bits per heavy atom. The number of nitrogens with zero attached hydrogens (tertiary/aromatic N) is 3. The third kappa shape index (κ3) is 13.7. The number of aromatic hydroxyl groups is 1. The number of hydrogen-bond donors (Lipinski definition) is 12. The number of nitrogen functional groups attached to an aromatic ring is 1. The topological polar surface area (TPSA) is 411 Å². The molecular formula is C48H61N11O13S. The van der Waals surface area contributed by atoms with Crippen LogP contribution in [0.25, 0.3) is 22.4 Å². The number of phenols is 1. The highest BCUT2D eigenvalue weighted by Gasteiger charge is 2.38. The summed E-state index contributed by atoms with van der Waals surface area (Å²) in [5.74, 6) is -7.16. The number of nitrogens with two attached hydrogens (primary N) is 4. The molecule has 4 bridgehead atoms. The van der Waals surface area contributed by atoms with Crippen LogP contribution in [0.15, 0.2) is 54.6 Å². The van der Waals surface area contributed by atoms with Crippen LogP contribution in [-0.4, -0.2) is 139 Å². The molecule has 3 aromatic carbocycles. The number of rotatable bonds is 17. The van der Waals surface area contributed by atoms with Gasteiger partial charge in [0.15, 0.2) is 11.5 Å². The Balaban J connectivity index is 1.70. The van der Waals surface area contributed by atoms with Gasteiger partial charge in [-0.05, 0) is 65.8 Å². The molecule has 0 spiro atoms. The van der Waals surface area contributed by atoms with Crippen molar-refractivity contribution in [1.29, 1.82) is 5.26 Å². The van der Waals surface area contributed by atoms with Crippen molar-refractivity contribution in [3.05, 3.63) is 88.0 Å². The van der Waals surface area contributed by atoms with E-state index in [9.17, 15) is 58.1 Å². The van der Waals surface area contributed by atoms with Crippen molar-refractivity contribution in [3.63, 3.8) is 0 Å². The van der Waals surface area contributed by atoms with Gasteiger partial charge < -0.3 is 68.0 Å². The molecule has 73 heavy (non-hydrogen) atoms. The number of anilines is 1. The largest absolute Gasteiger partial charge is 0.504 e. The second-order valence-electron chi connectivity index (χ2n) is 18.4. The van der Waals surface area contributed by atoms with E-state index in [2.05, 4.69) is 27.0 Å². The van der Waals surface area contributed by atoms with Crippen LogP contribution < -0.4 is 52.5 Å². The van der Waals surface area contributed by atoms with Crippen molar-refractivity contribution in [2.24, 2.45) is 16.6 Å². The number of ether oxygens (including phenoxy) is 2. The van der Waals surface area contributed by atoms with E-state index in [1.165, 1.54) is 38.1 Å². The van der Waals surface area contributed by atoms with E-state index < -0.39 is 95.1 Å². The maximum atomic E-state index is 14.9. The molecule has 6 atom stereocenters. The molecule has 5 rings (SSSR count).